The summed E-state index contributed by atoms with van der Waals surface area (Å²) in [6.07, 6.45) is 0.312. The van der Waals surface area contributed by atoms with Crippen molar-refractivity contribution < 1.29 is 18.3 Å². The van der Waals surface area contributed by atoms with E-state index in [1.165, 1.54) is 13.0 Å². The molecule has 20 heavy (non-hydrogen) atoms. The van der Waals surface area contributed by atoms with Crippen LogP contribution in [0.1, 0.15) is 25.8 Å². The van der Waals surface area contributed by atoms with Gasteiger partial charge in [-0.25, -0.2) is 13.1 Å². The Hall–Kier alpha value is -1.11. The molecule has 0 bridgehead atoms. The van der Waals surface area contributed by atoms with Crippen molar-refractivity contribution in [3.05, 3.63) is 28.8 Å². The summed E-state index contributed by atoms with van der Waals surface area (Å²) in [7, 11) is -3.83. The van der Waals surface area contributed by atoms with Gasteiger partial charge >= 0.3 is 5.97 Å². The number of carbonyl (C=O) groups is 1. The van der Waals surface area contributed by atoms with Crippen LogP contribution < -0.4 is 4.72 Å². The van der Waals surface area contributed by atoms with Gasteiger partial charge in [-0.1, -0.05) is 24.6 Å². The SMILES string of the molecule is CCC(C)(CNS(=O)(=O)c1ccc(C)cc1Cl)C(=O)O. The largest absolute Gasteiger partial charge is 0.481 e. The number of aliphatic carboxylic acids is 1. The van der Waals surface area contributed by atoms with Crippen molar-refractivity contribution in [2.24, 2.45) is 5.41 Å². The quantitative estimate of drug-likeness (QED) is 0.843. The van der Waals surface area contributed by atoms with E-state index in [1.54, 1.807) is 26.0 Å². The number of carboxylic acid groups (broad SMARTS) is 1. The number of sulfonamides is 1. The van der Waals surface area contributed by atoms with E-state index in [-0.39, 0.29) is 16.5 Å². The van der Waals surface area contributed by atoms with Gasteiger partial charge in [-0.05, 0) is 38.0 Å². The topological polar surface area (TPSA) is 83.5 Å². The van der Waals surface area contributed by atoms with E-state index in [2.05, 4.69) is 4.72 Å². The number of benzene rings is 1. The van der Waals surface area contributed by atoms with Crippen LogP contribution in [0, 0.1) is 12.3 Å². The predicted octanol–water partition coefficient (Wildman–Crippen LogP) is 2.43. The molecule has 5 nitrogen and oxygen atoms in total. The Labute approximate surface area is 124 Å². The van der Waals surface area contributed by atoms with Crippen LogP contribution in [-0.4, -0.2) is 26.0 Å². The van der Waals surface area contributed by atoms with Crippen molar-refractivity contribution in [1.29, 1.82) is 0 Å². The maximum Gasteiger partial charge on any atom is 0.310 e. The molecule has 1 aromatic carbocycles. The molecular formula is C13H18ClNO4S. The fourth-order valence-electron chi connectivity index (χ4n) is 1.51. The molecule has 0 aliphatic heterocycles. The highest BCUT2D eigenvalue weighted by Crippen LogP contribution is 2.24. The zero-order valence-corrected chi connectivity index (χ0v) is 13.2. The summed E-state index contributed by atoms with van der Waals surface area (Å²) >= 11 is 5.92. The van der Waals surface area contributed by atoms with Crippen LogP contribution in [-0.2, 0) is 14.8 Å². The van der Waals surface area contributed by atoms with Crippen LogP contribution in [0.5, 0.6) is 0 Å². The lowest BCUT2D eigenvalue weighted by Gasteiger charge is -2.23. The van der Waals surface area contributed by atoms with Gasteiger partial charge in [0.1, 0.15) is 4.90 Å². The fraction of sp³-hybridized carbons (Fsp3) is 0.462. The number of rotatable bonds is 6. The van der Waals surface area contributed by atoms with Crippen molar-refractivity contribution in [3.63, 3.8) is 0 Å². The van der Waals surface area contributed by atoms with E-state index in [9.17, 15) is 13.2 Å². The van der Waals surface area contributed by atoms with Gasteiger partial charge in [-0.3, -0.25) is 4.79 Å². The lowest BCUT2D eigenvalue weighted by molar-refractivity contribution is -0.147. The van der Waals surface area contributed by atoms with Crippen LogP contribution >= 0.6 is 11.6 Å². The van der Waals surface area contributed by atoms with E-state index < -0.39 is 21.4 Å². The molecule has 0 heterocycles. The summed E-state index contributed by atoms with van der Waals surface area (Å²) < 4.78 is 26.6. The Morgan fingerprint density at radius 2 is 2.05 bits per heavy atom. The fourth-order valence-corrected chi connectivity index (χ4v) is 3.27. The van der Waals surface area contributed by atoms with Crippen molar-refractivity contribution >= 4 is 27.6 Å². The molecule has 0 saturated heterocycles. The predicted molar refractivity (Wildman–Crippen MR) is 77.4 cm³/mol. The average Bonchev–Trinajstić information content (AvgIpc) is 2.35. The molecular weight excluding hydrogens is 302 g/mol. The molecule has 2 N–H and O–H groups in total. The number of nitrogens with one attached hydrogen (secondary N) is 1. The molecule has 1 atom stereocenters. The van der Waals surface area contributed by atoms with Gasteiger partial charge in [0.25, 0.3) is 0 Å². The third kappa shape index (κ3) is 3.71. The van der Waals surface area contributed by atoms with Gasteiger partial charge in [0.05, 0.1) is 10.4 Å². The van der Waals surface area contributed by atoms with Crippen LogP contribution in [0.15, 0.2) is 23.1 Å². The van der Waals surface area contributed by atoms with Gasteiger partial charge in [0.2, 0.25) is 10.0 Å². The zero-order chi connectivity index (χ0) is 15.6. The van der Waals surface area contributed by atoms with Gasteiger partial charge in [0.15, 0.2) is 0 Å². The van der Waals surface area contributed by atoms with Crippen molar-refractivity contribution in [1.82, 2.24) is 4.72 Å². The van der Waals surface area contributed by atoms with E-state index in [4.69, 9.17) is 16.7 Å². The molecule has 0 amide bonds. The molecule has 0 radical (unpaired) electrons. The maximum absolute atomic E-state index is 12.2. The van der Waals surface area contributed by atoms with Crippen LogP contribution in [0.25, 0.3) is 0 Å². The van der Waals surface area contributed by atoms with Gasteiger partial charge in [-0.2, -0.15) is 0 Å². The van der Waals surface area contributed by atoms with E-state index >= 15 is 0 Å². The van der Waals surface area contributed by atoms with Crippen LogP contribution in [0.2, 0.25) is 5.02 Å². The molecule has 0 saturated carbocycles. The zero-order valence-electron chi connectivity index (χ0n) is 11.6. The van der Waals surface area contributed by atoms with E-state index in [0.717, 1.165) is 5.56 Å². The summed E-state index contributed by atoms with van der Waals surface area (Å²) in [5.41, 5.74) is -0.303. The maximum atomic E-state index is 12.2. The summed E-state index contributed by atoms with van der Waals surface area (Å²) in [5.74, 6) is -1.04. The Kier molecular flexibility index (Phi) is 5.18. The minimum atomic E-state index is -3.83. The monoisotopic (exact) mass is 319 g/mol. The number of carboxylic acids is 1. The molecule has 0 aliphatic carbocycles. The summed E-state index contributed by atoms with van der Waals surface area (Å²) in [6.45, 7) is 4.80. The molecule has 1 unspecified atom stereocenters. The van der Waals surface area contributed by atoms with Gasteiger partial charge < -0.3 is 5.11 Å². The Morgan fingerprint density at radius 3 is 2.50 bits per heavy atom. The first-order chi connectivity index (χ1) is 9.12. The second kappa shape index (κ2) is 6.11. The van der Waals surface area contributed by atoms with E-state index in [0.29, 0.717) is 6.42 Å². The number of halogens is 1. The lowest BCUT2D eigenvalue weighted by Crippen LogP contribution is -2.40. The third-order valence-corrected chi connectivity index (χ3v) is 5.21. The minimum absolute atomic E-state index is 0.0476. The Balaban J connectivity index is 2.99. The second-order valence-electron chi connectivity index (χ2n) is 4.98. The molecule has 0 spiro atoms. The summed E-state index contributed by atoms with van der Waals surface area (Å²) in [4.78, 5) is 11.1. The lowest BCUT2D eigenvalue weighted by atomic mass is 9.88. The average molecular weight is 320 g/mol. The first-order valence-corrected chi connectivity index (χ1v) is 7.98. The smallest absolute Gasteiger partial charge is 0.310 e. The first-order valence-electron chi connectivity index (χ1n) is 6.11. The highest BCUT2D eigenvalue weighted by atomic mass is 35.5. The second-order valence-corrected chi connectivity index (χ2v) is 7.12. The molecule has 1 aromatic rings. The molecule has 7 heteroatoms. The van der Waals surface area contributed by atoms with Crippen molar-refractivity contribution in [3.8, 4) is 0 Å². The third-order valence-electron chi connectivity index (χ3n) is 3.33. The molecule has 0 aliphatic rings. The number of aryl methyl sites for hydroxylation is 1. The van der Waals surface area contributed by atoms with E-state index in [1.807, 2.05) is 0 Å². The van der Waals surface area contributed by atoms with Gasteiger partial charge in [-0.15, -0.1) is 0 Å². The normalized spacial score (nSPS) is 14.8. The molecule has 0 fully saturated rings. The van der Waals surface area contributed by atoms with Crippen LogP contribution in [0.3, 0.4) is 0 Å². The first kappa shape index (κ1) is 16.9. The van der Waals surface area contributed by atoms with Crippen LogP contribution in [0.4, 0.5) is 0 Å². The molecule has 1 rings (SSSR count). The standard InChI is InChI=1S/C13H18ClNO4S/c1-4-13(3,12(16)17)8-15-20(18,19)11-6-5-9(2)7-10(11)14/h5-7,15H,4,8H2,1-3H3,(H,16,17). The molecule has 0 aromatic heterocycles. The Bertz CT molecular complexity index is 615. The van der Waals surface area contributed by atoms with Crippen molar-refractivity contribution in [2.75, 3.05) is 6.54 Å². The highest BCUT2D eigenvalue weighted by Gasteiger charge is 2.33. The summed E-state index contributed by atoms with van der Waals surface area (Å²) in [5, 5.41) is 9.25. The number of hydrogen-bond donors (Lipinski definition) is 2. The number of hydrogen-bond acceptors (Lipinski definition) is 3. The van der Waals surface area contributed by atoms with Gasteiger partial charge in [0, 0.05) is 6.54 Å². The Morgan fingerprint density at radius 1 is 1.45 bits per heavy atom. The molecule has 112 valence electrons. The minimum Gasteiger partial charge on any atom is -0.481 e. The van der Waals surface area contributed by atoms with Crippen molar-refractivity contribution in [2.45, 2.75) is 32.1 Å². The summed E-state index contributed by atoms with van der Waals surface area (Å²) in [6, 6.07) is 4.59. The highest BCUT2D eigenvalue weighted by molar-refractivity contribution is 7.89.